The van der Waals surface area contributed by atoms with E-state index in [1.54, 1.807) is 6.92 Å². The molecule has 0 aliphatic carbocycles. The summed E-state index contributed by atoms with van der Waals surface area (Å²) < 4.78 is 6.53. The standard InChI is InChI=1S/C12H10BrNO2S2/c1-2-16-11(15)9-10(18-12(17)14-9)7-4-3-5-8(13)6-7/h3-6H,2H2,1H3,(H,14,17). The van der Waals surface area contributed by atoms with Gasteiger partial charge in [0.25, 0.3) is 0 Å². The molecule has 0 atom stereocenters. The van der Waals surface area contributed by atoms with Crippen LogP contribution in [0.15, 0.2) is 28.7 Å². The van der Waals surface area contributed by atoms with Crippen molar-refractivity contribution in [3.63, 3.8) is 0 Å². The first-order valence-electron chi connectivity index (χ1n) is 5.28. The molecule has 3 nitrogen and oxygen atoms in total. The third kappa shape index (κ3) is 2.88. The van der Waals surface area contributed by atoms with Gasteiger partial charge in [-0.2, -0.15) is 0 Å². The summed E-state index contributed by atoms with van der Waals surface area (Å²) in [6.07, 6.45) is 0. The quantitative estimate of drug-likeness (QED) is 0.662. The van der Waals surface area contributed by atoms with Gasteiger partial charge in [-0.15, -0.1) is 11.3 Å². The molecule has 1 N–H and O–H groups in total. The smallest absolute Gasteiger partial charge is 0.356 e. The van der Waals surface area contributed by atoms with Crippen LogP contribution in [0.4, 0.5) is 0 Å². The Labute approximate surface area is 122 Å². The highest BCUT2D eigenvalue weighted by Crippen LogP contribution is 2.30. The molecule has 0 aliphatic rings. The van der Waals surface area contributed by atoms with Crippen LogP contribution in [0, 0.1) is 3.95 Å². The van der Waals surface area contributed by atoms with Crippen LogP contribution in [-0.2, 0) is 4.74 Å². The number of carbonyl (C=O) groups excluding carboxylic acids is 1. The van der Waals surface area contributed by atoms with Crippen molar-refractivity contribution in [3.8, 4) is 10.4 Å². The second kappa shape index (κ2) is 5.77. The van der Waals surface area contributed by atoms with Crippen LogP contribution >= 0.6 is 39.5 Å². The molecule has 94 valence electrons. The Morgan fingerprint density at radius 2 is 2.33 bits per heavy atom. The van der Waals surface area contributed by atoms with E-state index in [9.17, 15) is 4.79 Å². The van der Waals surface area contributed by atoms with Gasteiger partial charge in [-0.3, -0.25) is 0 Å². The van der Waals surface area contributed by atoms with Crippen molar-refractivity contribution in [1.82, 2.24) is 4.98 Å². The third-order valence-corrected chi connectivity index (χ3v) is 3.99. The van der Waals surface area contributed by atoms with E-state index >= 15 is 0 Å². The normalized spacial score (nSPS) is 10.3. The Morgan fingerprint density at radius 1 is 1.56 bits per heavy atom. The third-order valence-electron chi connectivity index (χ3n) is 2.22. The topological polar surface area (TPSA) is 42.1 Å². The zero-order valence-corrected chi connectivity index (χ0v) is 12.7. The Kier molecular flexibility index (Phi) is 4.31. The number of aromatic amines is 1. The molecule has 1 heterocycles. The van der Waals surface area contributed by atoms with Gasteiger partial charge in [0.05, 0.1) is 11.5 Å². The molecule has 0 unspecified atom stereocenters. The maximum absolute atomic E-state index is 11.8. The lowest BCUT2D eigenvalue weighted by atomic mass is 10.1. The van der Waals surface area contributed by atoms with E-state index in [1.807, 2.05) is 24.3 Å². The number of H-pyrrole nitrogens is 1. The first kappa shape index (κ1) is 13.5. The molecule has 6 heteroatoms. The van der Waals surface area contributed by atoms with Gasteiger partial charge in [-0.25, -0.2) is 4.79 Å². The van der Waals surface area contributed by atoms with Gasteiger partial charge < -0.3 is 9.72 Å². The lowest BCUT2D eigenvalue weighted by molar-refractivity contribution is 0.0521. The average Bonchev–Trinajstić information content (AvgIpc) is 2.72. The number of hydrogen-bond donors (Lipinski definition) is 1. The minimum Gasteiger partial charge on any atom is -0.461 e. The van der Waals surface area contributed by atoms with Gasteiger partial charge in [0.15, 0.2) is 3.95 Å². The minimum atomic E-state index is -0.375. The summed E-state index contributed by atoms with van der Waals surface area (Å²) in [5.41, 5.74) is 1.36. The second-order valence-corrected chi connectivity index (χ2v) is 6.05. The molecule has 0 saturated heterocycles. The second-order valence-electron chi connectivity index (χ2n) is 3.45. The van der Waals surface area contributed by atoms with E-state index in [0.29, 0.717) is 16.3 Å². The fourth-order valence-electron chi connectivity index (χ4n) is 1.51. The largest absolute Gasteiger partial charge is 0.461 e. The minimum absolute atomic E-state index is 0.340. The predicted molar refractivity (Wildman–Crippen MR) is 78.6 cm³/mol. The Morgan fingerprint density at radius 3 is 3.00 bits per heavy atom. The highest BCUT2D eigenvalue weighted by atomic mass is 79.9. The van der Waals surface area contributed by atoms with E-state index < -0.39 is 0 Å². The fraction of sp³-hybridized carbons (Fsp3) is 0.167. The lowest BCUT2D eigenvalue weighted by Gasteiger charge is -2.03. The number of ether oxygens (including phenoxy) is 1. The van der Waals surface area contributed by atoms with Crippen LogP contribution in [0.3, 0.4) is 0 Å². The molecule has 0 aliphatic heterocycles. The summed E-state index contributed by atoms with van der Waals surface area (Å²) in [7, 11) is 0. The number of rotatable bonds is 3. The zero-order chi connectivity index (χ0) is 13.1. The van der Waals surface area contributed by atoms with Crippen molar-refractivity contribution >= 4 is 45.5 Å². The highest BCUT2D eigenvalue weighted by molar-refractivity contribution is 9.10. The molecule has 0 bridgehead atoms. The van der Waals surface area contributed by atoms with Crippen molar-refractivity contribution in [2.75, 3.05) is 6.61 Å². The van der Waals surface area contributed by atoms with Crippen LogP contribution in [0.5, 0.6) is 0 Å². The molecule has 0 fully saturated rings. The predicted octanol–water partition coefficient (Wildman–Crippen LogP) is 4.41. The SMILES string of the molecule is CCOC(=O)c1[nH]c(=S)sc1-c1cccc(Br)c1. The maximum Gasteiger partial charge on any atom is 0.356 e. The van der Waals surface area contributed by atoms with Crippen molar-refractivity contribution < 1.29 is 9.53 Å². The van der Waals surface area contributed by atoms with Gasteiger partial charge >= 0.3 is 5.97 Å². The van der Waals surface area contributed by atoms with Gasteiger partial charge in [0.2, 0.25) is 0 Å². The molecular weight excluding hydrogens is 334 g/mol. The van der Waals surface area contributed by atoms with Crippen molar-refractivity contribution in [1.29, 1.82) is 0 Å². The Bertz CT molecular complexity index is 633. The molecule has 0 amide bonds. The number of hydrogen-bond acceptors (Lipinski definition) is 4. The fourth-order valence-corrected chi connectivity index (χ4v) is 3.08. The van der Waals surface area contributed by atoms with Gasteiger partial charge in [-0.1, -0.05) is 28.1 Å². The van der Waals surface area contributed by atoms with E-state index in [1.165, 1.54) is 11.3 Å². The number of benzene rings is 1. The summed E-state index contributed by atoms with van der Waals surface area (Å²) in [5, 5.41) is 0. The van der Waals surface area contributed by atoms with Crippen molar-refractivity contribution in [2.24, 2.45) is 0 Å². The molecule has 0 saturated carbocycles. The van der Waals surface area contributed by atoms with Crippen LogP contribution < -0.4 is 0 Å². The van der Waals surface area contributed by atoms with E-state index in [-0.39, 0.29) is 5.97 Å². The molecule has 0 radical (unpaired) electrons. The number of thiazole rings is 1. The van der Waals surface area contributed by atoms with Crippen molar-refractivity contribution in [2.45, 2.75) is 6.92 Å². The van der Waals surface area contributed by atoms with Gasteiger partial charge in [0, 0.05) is 4.47 Å². The molecule has 1 aromatic carbocycles. The first-order chi connectivity index (χ1) is 8.61. The molecule has 18 heavy (non-hydrogen) atoms. The average molecular weight is 344 g/mol. The van der Waals surface area contributed by atoms with E-state index in [0.717, 1.165) is 14.9 Å². The first-order valence-corrected chi connectivity index (χ1v) is 7.29. The van der Waals surface area contributed by atoms with E-state index in [4.69, 9.17) is 17.0 Å². The number of halogens is 1. The van der Waals surface area contributed by atoms with Crippen LogP contribution in [-0.4, -0.2) is 17.6 Å². The Hall–Kier alpha value is -0.980. The highest BCUT2D eigenvalue weighted by Gasteiger charge is 2.17. The van der Waals surface area contributed by atoms with Gasteiger partial charge in [-0.05, 0) is 36.8 Å². The molecule has 2 aromatic rings. The molecule has 1 aromatic heterocycles. The zero-order valence-electron chi connectivity index (χ0n) is 9.53. The summed E-state index contributed by atoms with van der Waals surface area (Å²) in [5.74, 6) is -0.375. The monoisotopic (exact) mass is 343 g/mol. The number of carbonyl (C=O) groups is 1. The van der Waals surface area contributed by atoms with E-state index in [2.05, 4.69) is 20.9 Å². The summed E-state index contributed by atoms with van der Waals surface area (Å²) >= 11 is 9.88. The number of aromatic nitrogens is 1. The van der Waals surface area contributed by atoms with Crippen LogP contribution in [0.2, 0.25) is 0 Å². The Balaban J connectivity index is 2.51. The molecule has 2 rings (SSSR count). The molecule has 0 spiro atoms. The molecular formula is C12H10BrNO2S2. The van der Waals surface area contributed by atoms with Crippen LogP contribution in [0.1, 0.15) is 17.4 Å². The summed E-state index contributed by atoms with van der Waals surface area (Å²) in [6.45, 7) is 2.12. The van der Waals surface area contributed by atoms with Crippen molar-refractivity contribution in [3.05, 3.63) is 38.4 Å². The number of esters is 1. The van der Waals surface area contributed by atoms with Crippen LogP contribution in [0.25, 0.3) is 10.4 Å². The number of nitrogens with one attached hydrogen (secondary N) is 1. The summed E-state index contributed by atoms with van der Waals surface area (Å²) in [6, 6.07) is 7.72. The summed E-state index contributed by atoms with van der Waals surface area (Å²) in [4.78, 5) is 15.5. The maximum atomic E-state index is 11.8. The lowest BCUT2D eigenvalue weighted by Crippen LogP contribution is -2.06. The van der Waals surface area contributed by atoms with Gasteiger partial charge in [0.1, 0.15) is 5.69 Å².